The molecule has 0 saturated heterocycles. The van der Waals surface area contributed by atoms with Gasteiger partial charge in [0.05, 0.1) is 12.8 Å². The number of methoxy groups -OCH3 is 1. The Hall–Kier alpha value is -1.51. The molecule has 0 fully saturated rings. The van der Waals surface area contributed by atoms with Crippen LogP contribution in [0.15, 0.2) is 15.8 Å². The monoisotopic (exact) mass is 234 g/mol. The van der Waals surface area contributed by atoms with Crippen LogP contribution in [0.2, 0.25) is 0 Å². The minimum Gasteiger partial charge on any atom is -0.394 e. The van der Waals surface area contributed by atoms with Gasteiger partial charge in [-0.25, -0.2) is 4.79 Å². The summed E-state index contributed by atoms with van der Waals surface area (Å²) in [6, 6.07) is 0. The zero-order chi connectivity index (χ0) is 12.3. The van der Waals surface area contributed by atoms with Gasteiger partial charge < -0.3 is 14.9 Å². The van der Waals surface area contributed by atoms with E-state index in [4.69, 9.17) is 9.84 Å². The number of aromatic nitrogens is 2. The van der Waals surface area contributed by atoms with E-state index in [1.165, 1.54) is 7.11 Å². The first-order chi connectivity index (χ1) is 7.51. The van der Waals surface area contributed by atoms with Crippen LogP contribution in [-0.2, 0) is 4.74 Å². The Balaban J connectivity index is 3.25. The molecule has 0 radical (unpaired) electrons. The van der Waals surface area contributed by atoms with E-state index in [1.807, 2.05) is 0 Å². The van der Waals surface area contributed by atoms with Gasteiger partial charge in [0.1, 0.15) is 6.10 Å². The molecule has 0 aliphatic carbocycles. The lowest BCUT2D eigenvalue weighted by atomic mass is 10.3. The summed E-state index contributed by atoms with van der Waals surface area (Å²) in [5, 5.41) is 18.0. The van der Waals surface area contributed by atoms with Crippen LogP contribution in [0.25, 0.3) is 0 Å². The molecule has 3 N–H and O–H groups in total. The maximum atomic E-state index is 12.9. The third kappa shape index (κ3) is 2.35. The molecule has 90 valence electrons. The van der Waals surface area contributed by atoms with Crippen LogP contribution in [0, 0.1) is 5.82 Å². The van der Waals surface area contributed by atoms with Gasteiger partial charge in [0.2, 0.25) is 5.82 Å². The molecule has 1 aromatic rings. The largest absolute Gasteiger partial charge is 0.394 e. The smallest absolute Gasteiger partial charge is 0.330 e. The lowest BCUT2D eigenvalue weighted by Crippen LogP contribution is -2.39. The van der Waals surface area contributed by atoms with Crippen LogP contribution >= 0.6 is 0 Å². The summed E-state index contributed by atoms with van der Waals surface area (Å²) < 4.78 is 18.3. The number of nitrogens with one attached hydrogen (secondary N) is 1. The van der Waals surface area contributed by atoms with Crippen molar-refractivity contribution in [2.45, 2.75) is 12.3 Å². The molecule has 2 atom stereocenters. The predicted molar refractivity (Wildman–Crippen MR) is 50.4 cm³/mol. The average molecular weight is 234 g/mol. The molecule has 1 rings (SSSR count). The van der Waals surface area contributed by atoms with Crippen molar-refractivity contribution >= 4 is 0 Å². The highest BCUT2D eigenvalue weighted by molar-refractivity contribution is 4.89. The van der Waals surface area contributed by atoms with Crippen molar-refractivity contribution < 1.29 is 19.3 Å². The summed E-state index contributed by atoms with van der Waals surface area (Å²) in [5.74, 6) is -1.19. The minimum atomic E-state index is -1.41. The van der Waals surface area contributed by atoms with Crippen LogP contribution in [0.1, 0.15) is 6.23 Å². The predicted octanol–water partition coefficient (Wildman–Crippen LogP) is -1.83. The Morgan fingerprint density at radius 3 is 2.75 bits per heavy atom. The second kappa shape index (κ2) is 5.01. The molecule has 2 unspecified atom stereocenters. The van der Waals surface area contributed by atoms with Crippen LogP contribution in [0.5, 0.6) is 0 Å². The molecule has 7 nitrogen and oxygen atoms in total. The SMILES string of the molecule is COC(C(O)CO)n1cc(F)c(=O)[nH]c1=O. The lowest BCUT2D eigenvalue weighted by molar-refractivity contribution is -0.0805. The maximum absolute atomic E-state index is 12.9. The molecule has 16 heavy (non-hydrogen) atoms. The molecule has 0 aliphatic heterocycles. The fourth-order valence-corrected chi connectivity index (χ4v) is 1.20. The summed E-state index contributed by atoms with van der Waals surface area (Å²) >= 11 is 0. The van der Waals surface area contributed by atoms with E-state index in [1.54, 1.807) is 4.98 Å². The van der Waals surface area contributed by atoms with Gasteiger partial charge >= 0.3 is 5.69 Å². The van der Waals surface area contributed by atoms with Crippen molar-refractivity contribution in [2.24, 2.45) is 0 Å². The lowest BCUT2D eigenvalue weighted by Gasteiger charge is -2.21. The van der Waals surface area contributed by atoms with Gasteiger partial charge in [-0.3, -0.25) is 14.3 Å². The molecule has 1 aromatic heterocycles. The van der Waals surface area contributed by atoms with E-state index < -0.39 is 36.0 Å². The first-order valence-electron chi connectivity index (χ1n) is 4.34. The fraction of sp³-hybridized carbons (Fsp3) is 0.500. The van der Waals surface area contributed by atoms with Gasteiger partial charge in [0.25, 0.3) is 5.56 Å². The van der Waals surface area contributed by atoms with Gasteiger partial charge in [0, 0.05) is 7.11 Å². The average Bonchev–Trinajstić information content (AvgIpc) is 2.26. The van der Waals surface area contributed by atoms with Gasteiger partial charge in [-0.2, -0.15) is 4.39 Å². The quantitative estimate of drug-likeness (QED) is 0.568. The molecule has 0 aromatic carbocycles. The van der Waals surface area contributed by atoms with E-state index in [0.29, 0.717) is 10.8 Å². The number of rotatable bonds is 4. The summed E-state index contributed by atoms with van der Waals surface area (Å²) in [4.78, 5) is 23.7. The third-order valence-electron chi connectivity index (χ3n) is 1.96. The Bertz CT molecular complexity index is 468. The second-order valence-electron chi connectivity index (χ2n) is 3.02. The van der Waals surface area contributed by atoms with Crippen molar-refractivity contribution in [3.05, 3.63) is 32.9 Å². The van der Waals surface area contributed by atoms with Crippen molar-refractivity contribution in [3.8, 4) is 0 Å². The zero-order valence-electron chi connectivity index (χ0n) is 8.38. The van der Waals surface area contributed by atoms with E-state index in [2.05, 4.69) is 0 Å². The molecule has 0 bridgehead atoms. The molecule has 1 heterocycles. The van der Waals surface area contributed by atoms with Gasteiger partial charge in [-0.05, 0) is 0 Å². The highest BCUT2D eigenvalue weighted by atomic mass is 19.1. The Kier molecular flexibility index (Phi) is 3.93. The van der Waals surface area contributed by atoms with Crippen molar-refractivity contribution in [1.82, 2.24) is 9.55 Å². The Morgan fingerprint density at radius 2 is 2.25 bits per heavy atom. The number of aliphatic hydroxyl groups excluding tert-OH is 2. The van der Waals surface area contributed by atoms with Crippen LogP contribution in [0.3, 0.4) is 0 Å². The van der Waals surface area contributed by atoms with E-state index in [9.17, 15) is 19.1 Å². The number of halogens is 1. The third-order valence-corrected chi connectivity index (χ3v) is 1.96. The number of H-pyrrole nitrogens is 1. The van der Waals surface area contributed by atoms with Crippen LogP contribution < -0.4 is 11.2 Å². The second-order valence-corrected chi connectivity index (χ2v) is 3.02. The van der Waals surface area contributed by atoms with E-state index in [0.717, 1.165) is 0 Å². The van der Waals surface area contributed by atoms with E-state index >= 15 is 0 Å². The minimum absolute atomic E-state index is 0.605. The van der Waals surface area contributed by atoms with Gasteiger partial charge in [-0.15, -0.1) is 0 Å². The summed E-state index contributed by atoms with van der Waals surface area (Å²) in [6.45, 7) is -0.675. The Morgan fingerprint density at radius 1 is 1.62 bits per heavy atom. The van der Waals surface area contributed by atoms with Crippen molar-refractivity contribution in [2.75, 3.05) is 13.7 Å². The first-order valence-corrected chi connectivity index (χ1v) is 4.34. The number of aliphatic hydroxyl groups is 2. The number of aromatic amines is 1. The standard InChI is InChI=1S/C8H11FN2O5/c1-16-7(5(13)3-12)11-2-4(9)6(14)10-8(11)15/h2,5,7,12-13H,3H2,1H3,(H,10,14,15). The number of nitrogens with zero attached hydrogens (tertiary/aromatic N) is 1. The van der Waals surface area contributed by atoms with Crippen molar-refractivity contribution in [3.63, 3.8) is 0 Å². The van der Waals surface area contributed by atoms with Crippen LogP contribution in [-0.4, -0.2) is 39.6 Å². The molecule has 0 saturated carbocycles. The number of ether oxygens (including phenoxy) is 1. The molecular weight excluding hydrogens is 223 g/mol. The summed E-state index contributed by atoms with van der Waals surface area (Å²) in [6.07, 6.45) is -2.08. The van der Waals surface area contributed by atoms with E-state index in [-0.39, 0.29) is 0 Å². The molecule has 0 amide bonds. The normalized spacial score (nSPS) is 14.8. The fourth-order valence-electron chi connectivity index (χ4n) is 1.20. The maximum Gasteiger partial charge on any atom is 0.330 e. The molecule has 8 heteroatoms. The topological polar surface area (TPSA) is 105 Å². The van der Waals surface area contributed by atoms with Crippen molar-refractivity contribution in [1.29, 1.82) is 0 Å². The van der Waals surface area contributed by atoms with Gasteiger partial charge in [0.15, 0.2) is 6.23 Å². The number of hydrogen-bond donors (Lipinski definition) is 3. The number of hydrogen-bond acceptors (Lipinski definition) is 5. The van der Waals surface area contributed by atoms with Gasteiger partial charge in [-0.1, -0.05) is 0 Å². The summed E-state index contributed by atoms with van der Waals surface area (Å²) in [5.41, 5.74) is -2.10. The molecule has 0 spiro atoms. The van der Waals surface area contributed by atoms with Crippen LogP contribution in [0.4, 0.5) is 4.39 Å². The zero-order valence-corrected chi connectivity index (χ0v) is 8.38. The highest BCUT2D eigenvalue weighted by Gasteiger charge is 2.22. The molecule has 0 aliphatic rings. The summed E-state index contributed by atoms with van der Waals surface area (Å²) in [7, 11) is 1.17. The molecular formula is C8H11FN2O5. The first kappa shape index (κ1) is 12.6. The highest BCUT2D eigenvalue weighted by Crippen LogP contribution is 2.09. The Labute approximate surface area is 88.7 Å².